The molecule has 0 bridgehead atoms. The zero-order valence-electron chi connectivity index (χ0n) is 18.1. The van der Waals surface area contributed by atoms with E-state index < -0.39 is 0 Å². The second-order valence-corrected chi connectivity index (χ2v) is 9.54. The molecule has 0 N–H and O–H groups in total. The third kappa shape index (κ3) is 3.27. The number of aliphatic imine (C=N–C) groups is 2. The van der Waals surface area contributed by atoms with Crippen LogP contribution < -0.4 is 4.90 Å². The molecule has 2 saturated heterocycles. The Labute approximate surface area is 187 Å². The first-order chi connectivity index (χ1) is 15.6. The van der Waals surface area contributed by atoms with Gasteiger partial charge in [0.15, 0.2) is 0 Å². The lowest BCUT2D eigenvalue weighted by atomic mass is 9.63. The highest BCUT2D eigenvalue weighted by molar-refractivity contribution is 6.21. The Balaban J connectivity index is 1.06. The van der Waals surface area contributed by atoms with E-state index in [1.54, 1.807) is 0 Å². The van der Waals surface area contributed by atoms with Gasteiger partial charge in [-0.25, -0.2) is 4.99 Å². The highest BCUT2D eigenvalue weighted by Gasteiger charge is 2.47. The molecule has 1 atom stereocenters. The molecule has 3 aliphatic heterocycles. The van der Waals surface area contributed by atoms with Crippen LogP contribution in [-0.2, 0) is 4.79 Å². The lowest BCUT2D eigenvalue weighted by molar-refractivity contribution is -0.118. The summed E-state index contributed by atoms with van der Waals surface area (Å²) < 4.78 is 0. The molecule has 1 saturated carbocycles. The smallest absolute Gasteiger partial charge is 0.261 e. The molecular formula is C25H27N5O2. The summed E-state index contributed by atoms with van der Waals surface area (Å²) in [6, 6.07) is 8.07. The summed E-state index contributed by atoms with van der Waals surface area (Å²) >= 11 is 0. The van der Waals surface area contributed by atoms with E-state index in [2.05, 4.69) is 27.0 Å². The third-order valence-corrected chi connectivity index (χ3v) is 7.50. The Morgan fingerprint density at radius 2 is 1.69 bits per heavy atom. The van der Waals surface area contributed by atoms with Crippen LogP contribution in [0.4, 0.5) is 5.69 Å². The van der Waals surface area contributed by atoms with E-state index in [0.29, 0.717) is 37.6 Å². The zero-order valence-corrected chi connectivity index (χ0v) is 18.1. The van der Waals surface area contributed by atoms with Gasteiger partial charge in [0.05, 0.1) is 5.71 Å². The van der Waals surface area contributed by atoms with Gasteiger partial charge in [-0.2, -0.15) is 4.99 Å². The van der Waals surface area contributed by atoms with Gasteiger partial charge in [-0.3, -0.25) is 9.59 Å². The number of carbonyl (C=O) groups is 2. The Morgan fingerprint density at radius 1 is 0.938 bits per heavy atom. The van der Waals surface area contributed by atoms with E-state index in [0.717, 1.165) is 24.4 Å². The molecule has 1 spiro atoms. The SMILES string of the molecule is O=C1N=C(N2CCN(C(=O)c3ccc(N4CC5(CCC5)C4)cc3)CC2)N=C2C=CC=CC12. The standard InChI is InChI=1S/C25H27N5O2/c31-22-20-4-1-2-5-21(20)26-24(27-22)29-14-12-28(13-15-29)23(32)18-6-8-19(9-7-18)30-16-25(17-30)10-3-11-25/h1-2,4-9,20H,3,10-17H2. The van der Waals surface area contributed by atoms with Crippen molar-refractivity contribution in [2.75, 3.05) is 44.2 Å². The number of amides is 2. The molecule has 5 aliphatic rings. The molecule has 1 aromatic carbocycles. The van der Waals surface area contributed by atoms with Gasteiger partial charge in [0.1, 0.15) is 5.92 Å². The van der Waals surface area contributed by atoms with Crippen molar-refractivity contribution in [2.45, 2.75) is 19.3 Å². The molecule has 2 amide bonds. The van der Waals surface area contributed by atoms with E-state index in [9.17, 15) is 9.59 Å². The van der Waals surface area contributed by atoms with Crippen LogP contribution in [-0.4, -0.2) is 72.6 Å². The van der Waals surface area contributed by atoms with Crippen LogP contribution in [0.15, 0.2) is 58.6 Å². The summed E-state index contributed by atoms with van der Waals surface area (Å²) in [5.41, 5.74) is 3.28. The van der Waals surface area contributed by atoms with E-state index >= 15 is 0 Å². The Morgan fingerprint density at radius 3 is 2.38 bits per heavy atom. The number of piperazine rings is 1. The average Bonchev–Trinajstić information content (AvgIpc) is 2.77. The van der Waals surface area contributed by atoms with Crippen LogP contribution >= 0.6 is 0 Å². The number of carbonyl (C=O) groups excluding carboxylic acids is 2. The average molecular weight is 430 g/mol. The van der Waals surface area contributed by atoms with Gasteiger partial charge < -0.3 is 14.7 Å². The first-order valence-electron chi connectivity index (χ1n) is 11.6. The summed E-state index contributed by atoms with van der Waals surface area (Å²) in [5, 5.41) is 0. The Kier molecular flexibility index (Phi) is 4.52. The van der Waals surface area contributed by atoms with E-state index in [-0.39, 0.29) is 17.7 Å². The molecule has 32 heavy (non-hydrogen) atoms. The minimum atomic E-state index is -0.356. The number of anilines is 1. The first-order valence-corrected chi connectivity index (χ1v) is 11.6. The van der Waals surface area contributed by atoms with Gasteiger partial charge in [0.2, 0.25) is 5.96 Å². The monoisotopic (exact) mass is 429 g/mol. The quantitative estimate of drug-likeness (QED) is 0.725. The predicted molar refractivity (Wildman–Crippen MR) is 124 cm³/mol. The van der Waals surface area contributed by atoms with Crippen molar-refractivity contribution in [3.63, 3.8) is 0 Å². The molecule has 2 aliphatic carbocycles. The van der Waals surface area contributed by atoms with Crippen LogP contribution in [0.3, 0.4) is 0 Å². The van der Waals surface area contributed by atoms with Crippen LogP contribution in [0, 0.1) is 11.3 Å². The molecule has 1 unspecified atom stereocenters. The maximum absolute atomic E-state index is 13.0. The molecule has 1 aromatic rings. The predicted octanol–water partition coefficient (Wildman–Crippen LogP) is 2.51. The van der Waals surface area contributed by atoms with Crippen LogP contribution in [0.5, 0.6) is 0 Å². The molecule has 3 heterocycles. The number of fused-ring (bicyclic) bond motifs is 1. The van der Waals surface area contributed by atoms with Crippen LogP contribution in [0.1, 0.15) is 29.6 Å². The molecule has 164 valence electrons. The molecule has 0 aromatic heterocycles. The lowest BCUT2D eigenvalue weighted by Gasteiger charge is -2.57. The minimum Gasteiger partial charge on any atom is -0.370 e. The molecule has 6 rings (SSSR count). The number of rotatable bonds is 2. The van der Waals surface area contributed by atoms with Crippen molar-refractivity contribution in [3.05, 3.63) is 54.1 Å². The summed E-state index contributed by atoms with van der Waals surface area (Å²) in [6.45, 7) is 4.73. The second kappa shape index (κ2) is 7.43. The van der Waals surface area contributed by atoms with Crippen LogP contribution in [0.2, 0.25) is 0 Å². The summed E-state index contributed by atoms with van der Waals surface area (Å²) in [4.78, 5) is 40.4. The Hall–Kier alpha value is -3.22. The Bertz CT molecular complexity index is 1060. The lowest BCUT2D eigenvalue weighted by Crippen LogP contribution is -2.59. The number of benzene rings is 1. The highest BCUT2D eigenvalue weighted by Crippen LogP contribution is 2.49. The fraction of sp³-hybridized carbons (Fsp3) is 0.440. The number of nitrogens with zero attached hydrogens (tertiary/aromatic N) is 5. The topological polar surface area (TPSA) is 68.6 Å². The fourth-order valence-electron chi connectivity index (χ4n) is 5.34. The normalized spacial score (nSPS) is 25.7. The molecule has 7 nitrogen and oxygen atoms in total. The van der Waals surface area contributed by atoms with E-state index in [1.807, 2.05) is 46.2 Å². The van der Waals surface area contributed by atoms with Gasteiger partial charge >= 0.3 is 0 Å². The van der Waals surface area contributed by atoms with Crippen molar-refractivity contribution in [1.82, 2.24) is 9.80 Å². The van der Waals surface area contributed by atoms with Crippen molar-refractivity contribution < 1.29 is 9.59 Å². The highest BCUT2D eigenvalue weighted by atomic mass is 16.2. The van der Waals surface area contributed by atoms with Crippen molar-refractivity contribution in [3.8, 4) is 0 Å². The maximum Gasteiger partial charge on any atom is 0.261 e. The van der Waals surface area contributed by atoms with Crippen LogP contribution in [0.25, 0.3) is 0 Å². The summed E-state index contributed by atoms with van der Waals surface area (Å²) in [7, 11) is 0. The number of hydrogen-bond acceptors (Lipinski definition) is 5. The van der Waals surface area contributed by atoms with Gasteiger partial charge in [0, 0.05) is 55.9 Å². The number of allylic oxidation sites excluding steroid dienone is 3. The van der Waals surface area contributed by atoms with E-state index in [1.165, 1.54) is 24.9 Å². The van der Waals surface area contributed by atoms with Crippen molar-refractivity contribution in [2.24, 2.45) is 21.3 Å². The molecule has 3 fully saturated rings. The first kappa shape index (κ1) is 19.5. The van der Waals surface area contributed by atoms with Gasteiger partial charge in [-0.05, 0) is 43.2 Å². The number of guanidine groups is 1. The zero-order chi connectivity index (χ0) is 21.7. The second-order valence-electron chi connectivity index (χ2n) is 9.54. The van der Waals surface area contributed by atoms with Crippen molar-refractivity contribution in [1.29, 1.82) is 0 Å². The number of hydrogen-bond donors (Lipinski definition) is 0. The summed E-state index contributed by atoms with van der Waals surface area (Å²) in [5.74, 6) is -0.000160. The molecule has 0 radical (unpaired) electrons. The van der Waals surface area contributed by atoms with E-state index in [4.69, 9.17) is 0 Å². The van der Waals surface area contributed by atoms with Gasteiger partial charge in [0.25, 0.3) is 11.8 Å². The summed E-state index contributed by atoms with van der Waals surface area (Å²) in [6.07, 6.45) is 11.6. The largest absolute Gasteiger partial charge is 0.370 e. The van der Waals surface area contributed by atoms with Gasteiger partial charge in [-0.15, -0.1) is 0 Å². The molecular weight excluding hydrogens is 402 g/mol. The molecule has 7 heteroatoms. The van der Waals surface area contributed by atoms with Gasteiger partial charge in [-0.1, -0.05) is 24.6 Å². The fourth-order valence-corrected chi connectivity index (χ4v) is 5.34. The minimum absolute atomic E-state index is 0.0589. The van der Waals surface area contributed by atoms with Crippen molar-refractivity contribution >= 4 is 29.2 Å². The third-order valence-electron chi connectivity index (χ3n) is 7.50. The maximum atomic E-state index is 13.0.